The first-order valence-corrected chi connectivity index (χ1v) is 9.58. The van der Waals surface area contributed by atoms with Crippen molar-refractivity contribution in [2.24, 2.45) is 5.92 Å². The lowest BCUT2D eigenvalue weighted by Gasteiger charge is -2.32. The third kappa shape index (κ3) is 3.62. The van der Waals surface area contributed by atoms with E-state index in [0.29, 0.717) is 5.92 Å². The molecule has 2 N–H and O–H groups in total. The summed E-state index contributed by atoms with van der Waals surface area (Å²) >= 11 is 0. The number of benzene rings is 1. The molecule has 142 valence electrons. The molecule has 0 radical (unpaired) electrons. The fourth-order valence-electron chi connectivity index (χ4n) is 3.91. The maximum atomic E-state index is 9.46. The molecule has 1 aromatic carbocycles. The monoisotopic (exact) mass is 366 g/mol. The maximum absolute atomic E-state index is 9.46. The normalized spacial score (nSPS) is 18.6. The summed E-state index contributed by atoms with van der Waals surface area (Å²) in [7, 11) is 0. The molecule has 4 rings (SSSR count). The van der Waals surface area contributed by atoms with Crippen LogP contribution in [0.15, 0.2) is 41.1 Å². The Hall–Kier alpha value is -2.60. The SMILES string of the molecule is Cc1c(C(C)Nc2cc(N3CCCC(CO)C3)ncn2)oc2ccccc12. The Morgan fingerprint density at radius 2 is 2.19 bits per heavy atom. The van der Waals surface area contributed by atoms with Crippen molar-refractivity contribution in [3.8, 4) is 0 Å². The molecule has 0 saturated carbocycles. The van der Waals surface area contributed by atoms with Gasteiger partial charge in [0.1, 0.15) is 29.3 Å². The van der Waals surface area contributed by atoms with Crippen LogP contribution in [0.25, 0.3) is 11.0 Å². The van der Waals surface area contributed by atoms with Crippen LogP contribution in [0.4, 0.5) is 11.6 Å². The summed E-state index contributed by atoms with van der Waals surface area (Å²) in [6.45, 7) is 6.20. The number of aromatic nitrogens is 2. The highest BCUT2D eigenvalue weighted by molar-refractivity contribution is 5.82. The molecule has 1 saturated heterocycles. The number of nitrogens with zero attached hydrogens (tertiary/aromatic N) is 3. The van der Waals surface area contributed by atoms with Gasteiger partial charge in [-0.25, -0.2) is 9.97 Å². The number of para-hydroxylation sites is 1. The Balaban J connectivity index is 1.53. The third-order valence-corrected chi connectivity index (χ3v) is 5.39. The number of aliphatic hydroxyl groups is 1. The van der Waals surface area contributed by atoms with Crippen molar-refractivity contribution in [1.29, 1.82) is 0 Å². The molecule has 6 nitrogen and oxygen atoms in total. The summed E-state index contributed by atoms with van der Waals surface area (Å²) in [6.07, 6.45) is 3.75. The summed E-state index contributed by atoms with van der Waals surface area (Å²) in [5.41, 5.74) is 2.06. The van der Waals surface area contributed by atoms with Gasteiger partial charge in [0, 0.05) is 36.7 Å². The van der Waals surface area contributed by atoms with E-state index in [1.165, 1.54) is 0 Å². The third-order valence-electron chi connectivity index (χ3n) is 5.39. The van der Waals surface area contributed by atoms with Gasteiger partial charge in [-0.3, -0.25) is 0 Å². The molecule has 3 aromatic rings. The summed E-state index contributed by atoms with van der Waals surface area (Å²) in [5, 5.41) is 14.0. The fourth-order valence-corrected chi connectivity index (χ4v) is 3.91. The van der Waals surface area contributed by atoms with Crippen LogP contribution in [-0.4, -0.2) is 34.8 Å². The molecule has 3 heterocycles. The summed E-state index contributed by atoms with van der Waals surface area (Å²) in [5.74, 6) is 2.93. The Bertz CT molecular complexity index is 923. The zero-order chi connectivity index (χ0) is 18.8. The number of furan rings is 1. The van der Waals surface area contributed by atoms with Gasteiger partial charge in [0.05, 0.1) is 6.04 Å². The average molecular weight is 366 g/mol. The smallest absolute Gasteiger partial charge is 0.134 e. The number of aryl methyl sites for hydroxylation is 1. The average Bonchev–Trinajstić information content (AvgIpc) is 3.05. The van der Waals surface area contributed by atoms with Gasteiger partial charge in [-0.05, 0) is 38.7 Å². The predicted octanol–water partition coefficient (Wildman–Crippen LogP) is 3.91. The van der Waals surface area contributed by atoms with E-state index in [0.717, 1.165) is 59.9 Å². The first-order valence-electron chi connectivity index (χ1n) is 9.58. The van der Waals surface area contributed by atoms with Gasteiger partial charge >= 0.3 is 0 Å². The largest absolute Gasteiger partial charge is 0.459 e. The second-order valence-corrected chi connectivity index (χ2v) is 7.35. The topological polar surface area (TPSA) is 74.4 Å². The fraction of sp³-hybridized carbons (Fsp3) is 0.429. The lowest BCUT2D eigenvalue weighted by Crippen LogP contribution is -2.37. The molecule has 2 aromatic heterocycles. The van der Waals surface area contributed by atoms with Crippen LogP contribution < -0.4 is 10.2 Å². The Morgan fingerprint density at radius 3 is 3.00 bits per heavy atom. The summed E-state index contributed by atoms with van der Waals surface area (Å²) < 4.78 is 6.06. The van der Waals surface area contributed by atoms with Crippen molar-refractivity contribution in [2.45, 2.75) is 32.7 Å². The molecule has 0 amide bonds. The van der Waals surface area contributed by atoms with Gasteiger partial charge in [-0.15, -0.1) is 0 Å². The van der Waals surface area contributed by atoms with E-state index in [1.807, 2.05) is 24.3 Å². The van der Waals surface area contributed by atoms with Gasteiger partial charge < -0.3 is 19.7 Å². The van der Waals surface area contributed by atoms with E-state index in [-0.39, 0.29) is 12.6 Å². The number of nitrogens with one attached hydrogen (secondary N) is 1. The number of aliphatic hydroxyl groups excluding tert-OH is 1. The van der Waals surface area contributed by atoms with Crippen LogP contribution in [0.3, 0.4) is 0 Å². The first kappa shape index (κ1) is 17.8. The molecular weight excluding hydrogens is 340 g/mol. The molecular formula is C21H26N4O2. The number of hydrogen-bond acceptors (Lipinski definition) is 6. The van der Waals surface area contributed by atoms with Crippen LogP contribution >= 0.6 is 0 Å². The highest BCUT2D eigenvalue weighted by atomic mass is 16.3. The first-order chi connectivity index (χ1) is 13.2. The Labute approximate surface area is 159 Å². The zero-order valence-electron chi connectivity index (χ0n) is 15.9. The van der Waals surface area contributed by atoms with Crippen molar-refractivity contribution in [2.75, 3.05) is 29.9 Å². The number of rotatable bonds is 5. The van der Waals surface area contributed by atoms with Crippen LogP contribution in [-0.2, 0) is 0 Å². The van der Waals surface area contributed by atoms with E-state index < -0.39 is 0 Å². The Morgan fingerprint density at radius 1 is 1.33 bits per heavy atom. The highest BCUT2D eigenvalue weighted by Crippen LogP contribution is 2.31. The maximum Gasteiger partial charge on any atom is 0.134 e. The molecule has 1 aliphatic heterocycles. The van der Waals surface area contributed by atoms with Crippen LogP contribution in [0.5, 0.6) is 0 Å². The number of fused-ring (bicyclic) bond motifs is 1. The lowest BCUT2D eigenvalue weighted by molar-refractivity contribution is 0.208. The van der Waals surface area contributed by atoms with Crippen molar-refractivity contribution in [1.82, 2.24) is 9.97 Å². The van der Waals surface area contributed by atoms with Crippen molar-refractivity contribution in [3.63, 3.8) is 0 Å². The van der Waals surface area contributed by atoms with E-state index in [4.69, 9.17) is 4.42 Å². The van der Waals surface area contributed by atoms with E-state index >= 15 is 0 Å². The molecule has 0 aliphatic carbocycles. The number of anilines is 2. The quantitative estimate of drug-likeness (QED) is 0.713. The number of hydrogen-bond donors (Lipinski definition) is 2. The summed E-state index contributed by atoms with van der Waals surface area (Å²) in [6, 6.07) is 10.1. The minimum Gasteiger partial charge on any atom is -0.459 e. The minimum atomic E-state index is -0.00769. The molecule has 1 fully saturated rings. The van der Waals surface area contributed by atoms with Crippen molar-refractivity contribution >= 4 is 22.6 Å². The molecule has 0 bridgehead atoms. The van der Waals surface area contributed by atoms with Crippen LogP contribution in [0, 0.1) is 12.8 Å². The molecule has 27 heavy (non-hydrogen) atoms. The second-order valence-electron chi connectivity index (χ2n) is 7.35. The van der Waals surface area contributed by atoms with Crippen molar-refractivity contribution in [3.05, 3.63) is 48.0 Å². The second kappa shape index (κ2) is 7.56. The van der Waals surface area contributed by atoms with Crippen LogP contribution in [0.2, 0.25) is 0 Å². The van der Waals surface area contributed by atoms with E-state index in [2.05, 4.69) is 40.1 Å². The van der Waals surface area contributed by atoms with Gasteiger partial charge in [0.25, 0.3) is 0 Å². The molecule has 6 heteroatoms. The van der Waals surface area contributed by atoms with Gasteiger partial charge in [-0.2, -0.15) is 0 Å². The predicted molar refractivity (Wildman–Crippen MR) is 107 cm³/mol. The van der Waals surface area contributed by atoms with Gasteiger partial charge in [-0.1, -0.05) is 18.2 Å². The molecule has 2 atom stereocenters. The van der Waals surface area contributed by atoms with Crippen LogP contribution in [0.1, 0.15) is 37.1 Å². The Kier molecular flexibility index (Phi) is 4.99. The van der Waals surface area contributed by atoms with E-state index in [9.17, 15) is 5.11 Å². The lowest BCUT2D eigenvalue weighted by atomic mass is 9.99. The molecule has 1 aliphatic rings. The van der Waals surface area contributed by atoms with Gasteiger partial charge in [0.2, 0.25) is 0 Å². The molecule has 2 unspecified atom stereocenters. The zero-order valence-corrected chi connectivity index (χ0v) is 15.9. The summed E-state index contributed by atoms with van der Waals surface area (Å²) in [4.78, 5) is 11.0. The molecule has 0 spiro atoms. The van der Waals surface area contributed by atoms with Crippen molar-refractivity contribution < 1.29 is 9.52 Å². The minimum absolute atomic E-state index is 0.00769. The van der Waals surface area contributed by atoms with E-state index in [1.54, 1.807) is 6.33 Å². The standard InChI is InChI=1S/C21H26N4O2/c1-14-17-7-3-4-8-18(17)27-21(14)15(2)24-19-10-20(23-13-22-19)25-9-5-6-16(11-25)12-26/h3-4,7-8,10,13,15-16,26H,5-6,9,11-12H2,1-2H3,(H,22,23,24). The number of piperidine rings is 1. The highest BCUT2D eigenvalue weighted by Gasteiger charge is 2.21. The van der Waals surface area contributed by atoms with Gasteiger partial charge in [0.15, 0.2) is 0 Å².